The second-order valence-corrected chi connectivity index (χ2v) is 3.69. The van der Waals surface area contributed by atoms with Crippen molar-refractivity contribution in [3.63, 3.8) is 0 Å². The molecule has 0 fully saturated rings. The maximum Gasteiger partial charge on any atom is 0.407 e. The summed E-state index contributed by atoms with van der Waals surface area (Å²) in [5, 5.41) is 2.51. The van der Waals surface area contributed by atoms with Crippen LogP contribution in [0, 0.1) is 0 Å². The minimum atomic E-state index is -0.609. The fourth-order valence-corrected chi connectivity index (χ4v) is 1.74. The number of ether oxygens (including phenoxy) is 2. The third kappa shape index (κ3) is 2.38. The van der Waals surface area contributed by atoms with Gasteiger partial charge in [-0.15, -0.1) is 0 Å². The first kappa shape index (κ1) is 11.4. The first-order valence-electron chi connectivity index (χ1n) is 5.33. The number of rotatable bonds is 1. The van der Waals surface area contributed by atoms with Crippen LogP contribution in [0.2, 0.25) is 0 Å². The maximum atomic E-state index is 12.1. The molecule has 5 nitrogen and oxygen atoms in total. The number of alkyl carbamates (subject to hydrolysis) is 1. The second kappa shape index (κ2) is 4.86. The normalized spacial score (nSPS) is 18.6. The number of amides is 1. The van der Waals surface area contributed by atoms with Crippen LogP contribution in [0.15, 0.2) is 24.3 Å². The Kier molecular flexibility index (Phi) is 3.27. The molecule has 0 bridgehead atoms. The summed E-state index contributed by atoms with van der Waals surface area (Å²) in [6.07, 6.45) is -0.175. The summed E-state index contributed by atoms with van der Waals surface area (Å²) in [7, 11) is 1.26. The standard InChI is InChI=1S/C12H13NO4/c1-16-12(15)13-9-6-7-17-10-5-3-2-4-8(10)11(9)14/h2-5,9H,6-7H2,1H3,(H,13,15). The van der Waals surface area contributed by atoms with Gasteiger partial charge >= 0.3 is 6.09 Å². The van der Waals surface area contributed by atoms with Crippen molar-refractivity contribution in [1.82, 2.24) is 5.32 Å². The Hall–Kier alpha value is -2.04. The van der Waals surface area contributed by atoms with Crippen molar-refractivity contribution in [3.05, 3.63) is 29.8 Å². The number of carbonyl (C=O) groups excluding carboxylic acids is 2. The highest BCUT2D eigenvalue weighted by atomic mass is 16.5. The molecule has 1 aliphatic rings. The SMILES string of the molecule is COC(=O)NC1CCOc2ccccc2C1=O. The number of hydrogen-bond acceptors (Lipinski definition) is 4. The molecule has 5 heteroatoms. The van der Waals surface area contributed by atoms with E-state index in [4.69, 9.17) is 4.74 Å². The van der Waals surface area contributed by atoms with E-state index in [1.807, 2.05) is 0 Å². The molecule has 90 valence electrons. The fraction of sp³-hybridized carbons (Fsp3) is 0.333. The number of Topliss-reactive ketones (excluding diaryl/α,β-unsaturated/α-hetero) is 1. The van der Waals surface area contributed by atoms with E-state index in [-0.39, 0.29) is 5.78 Å². The summed E-state index contributed by atoms with van der Waals surface area (Å²) < 4.78 is 9.94. The van der Waals surface area contributed by atoms with Gasteiger partial charge in [-0.1, -0.05) is 12.1 Å². The van der Waals surface area contributed by atoms with Gasteiger partial charge in [0.25, 0.3) is 0 Å². The topological polar surface area (TPSA) is 64.6 Å². The van der Waals surface area contributed by atoms with Gasteiger partial charge in [-0.05, 0) is 12.1 Å². The van der Waals surface area contributed by atoms with Crippen LogP contribution < -0.4 is 10.1 Å². The molecule has 1 atom stereocenters. The van der Waals surface area contributed by atoms with Crippen molar-refractivity contribution in [3.8, 4) is 5.75 Å². The molecular formula is C12H13NO4. The first-order chi connectivity index (χ1) is 8.22. The summed E-state index contributed by atoms with van der Waals surface area (Å²) in [4.78, 5) is 23.3. The molecule has 1 heterocycles. The zero-order valence-electron chi connectivity index (χ0n) is 9.43. The van der Waals surface area contributed by atoms with Gasteiger partial charge in [-0.3, -0.25) is 4.79 Å². The van der Waals surface area contributed by atoms with Crippen LogP contribution in [0.5, 0.6) is 5.75 Å². The summed E-state index contributed by atoms with van der Waals surface area (Å²) in [5.41, 5.74) is 0.492. The summed E-state index contributed by atoms with van der Waals surface area (Å²) in [5.74, 6) is 0.412. The molecule has 1 amide bonds. The Morgan fingerprint density at radius 1 is 1.47 bits per heavy atom. The smallest absolute Gasteiger partial charge is 0.407 e. The molecule has 0 saturated carbocycles. The lowest BCUT2D eigenvalue weighted by Crippen LogP contribution is -2.40. The van der Waals surface area contributed by atoms with E-state index in [2.05, 4.69) is 10.1 Å². The largest absolute Gasteiger partial charge is 0.493 e. The van der Waals surface area contributed by atoms with Gasteiger partial charge in [0, 0.05) is 6.42 Å². The average Bonchev–Trinajstić information content (AvgIpc) is 2.51. The minimum absolute atomic E-state index is 0.150. The molecule has 0 radical (unpaired) electrons. The molecule has 1 N–H and O–H groups in total. The quantitative estimate of drug-likeness (QED) is 0.798. The lowest BCUT2D eigenvalue weighted by molar-refractivity contribution is 0.0928. The lowest BCUT2D eigenvalue weighted by atomic mass is 10.0. The van der Waals surface area contributed by atoms with Crippen LogP contribution in [-0.4, -0.2) is 31.6 Å². The third-order valence-corrected chi connectivity index (χ3v) is 2.61. The van der Waals surface area contributed by atoms with E-state index >= 15 is 0 Å². The molecular weight excluding hydrogens is 222 g/mol. The summed E-state index contributed by atoms with van der Waals surface area (Å²) in [6, 6.07) is 6.41. The van der Waals surface area contributed by atoms with Gasteiger partial charge < -0.3 is 14.8 Å². The Bertz CT molecular complexity index is 444. The number of ketones is 1. The van der Waals surface area contributed by atoms with Crippen LogP contribution in [0.3, 0.4) is 0 Å². The third-order valence-electron chi connectivity index (χ3n) is 2.61. The monoisotopic (exact) mass is 235 g/mol. The fourth-order valence-electron chi connectivity index (χ4n) is 1.74. The number of nitrogens with one attached hydrogen (secondary N) is 1. The number of hydrogen-bond donors (Lipinski definition) is 1. The molecule has 1 aromatic rings. The van der Waals surface area contributed by atoms with Crippen molar-refractivity contribution in [1.29, 1.82) is 0 Å². The van der Waals surface area contributed by atoms with Gasteiger partial charge in [0.2, 0.25) is 0 Å². The molecule has 1 aliphatic heterocycles. The Morgan fingerprint density at radius 3 is 3.00 bits per heavy atom. The molecule has 0 aromatic heterocycles. The van der Waals surface area contributed by atoms with Gasteiger partial charge in [-0.2, -0.15) is 0 Å². The molecule has 1 unspecified atom stereocenters. The van der Waals surface area contributed by atoms with Crippen molar-refractivity contribution < 1.29 is 19.1 Å². The summed E-state index contributed by atoms with van der Waals surface area (Å²) in [6.45, 7) is 0.386. The zero-order chi connectivity index (χ0) is 12.3. The number of carbonyl (C=O) groups is 2. The van der Waals surface area contributed by atoms with E-state index < -0.39 is 12.1 Å². The minimum Gasteiger partial charge on any atom is -0.493 e. The van der Waals surface area contributed by atoms with Crippen LogP contribution in [0.4, 0.5) is 4.79 Å². The van der Waals surface area contributed by atoms with Crippen LogP contribution in [-0.2, 0) is 4.74 Å². The van der Waals surface area contributed by atoms with E-state index in [1.165, 1.54) is 7.11 Å². The van der Waals surface area contributed by atoms with Crippen LogP contribution in [0.1, 0.15) is 16.8 Å². The molecule has 2 rings (SSSR count). The number of para-hydroxylation sites is 1. The Balaban J connectivity index is 2.23. The zero-order valence-corrected chi connectivity index (χ0v) is 9.43. The van der Waals surface area contributed by atoms with Gasteiger partial charge in [-0.25, -0.2) is 4.79 Å². The van der Waals surface area contributed by atoms with E-state index in [9.17, 15) is 9.59 Å². The van der Waals surface area contributed by atoms with Gasteiger partial charge in [0.1, 0.15) is 5.75 Å². The summed E-state index contributed by atoms with van der Waals surface area (Å²) >= 11 is 0. The Morgan fingerprint density at radius 2 is 2.24 bits per heavy atom. The predicted octanol–water partition coefficient (Wildman–Crippen LogP) is 1.38. The first-order valence-corrected chi connectivity index (χ1v) is 5.33. The predicted molar refractivity (Wildman–Crippen MR) is 60.2 cm³/mol. The highest BCUT2D eigenvalue weighted by Crippen LogP contribution is 2.23. The van der Waals surface area contributed by atoms with E-state index in [1.54, 1.807) is 24.3 Å². The molecule has 0 aliphatic carbocycles. The number of fused-ring (bicyclic) bond motifs is 1. The van der Waals surface area contributed by atoms with Crippen molar-refractivity contribution in [2.75, 3.05) is 13.7 Å². The lowest BCUT2D eigenvalue weighted by Gasteiger charge is -2.13. The molecule has 0 spiro atoms. The van der Waals surface area contributed by atoms with Crippen LogP contribution >= 0.6 is 0 Å². The van der Waals surface area contributed by atoms with Gasteiger partial charge in [0.05, 0.1) is 25.3 Å². The highest BCUT2D eigenvalue weighted by molar-refractivity contribution is 6.03. The van der Waals surface area contributed by atoms with Crippen LogP contribution in [0.25, 0.3) is 0 Å². The maximum absolute atomic E-state index is 12.1. The Labute approximate surface area is 98.7 Å². The molecule has 0 saturated heterocycles. The van der Waals surface area contributed by atoms with E-state index in [0.29, 0.717) is 24.3 Å². The van der Waals surface area contributed by atoms with Gasteiger partial charge in [0.15, 0.2) is 5.78 Å². The van der Waals surface area contributed by atoms with Crippen molar-refractivity contribution in [2.24, 2.45) is 0 Å². The average molecular weight is 235 g/mol. The van der Waals surface area contributed by atoms with Crippen molar-refractivity contribution in [2.45, 2.75) is 12.5 Å². The van der Waals surface area contributed by atoms with E-state index in [0.717, 1.165) is 0 Å². The number of methoxy groups -OCH3 is 1. The number of benzene rings is 1. The molecule has 1 aromatic carbocycles. The highest BCUT2D eigenvalue weighted by Gasteiger charge is 2.27. The molecule has 17 heavy (non-hydrogen) atoms. The second-order valence-electron chi connectivity index (χ2n) is 3.69. The van der Waals surface area contributed by atoms with Crippen molar-refractivity contribution >= 4 is 11.9 Å².